The fraction of sp³-hybridized carbons (Fsp3) is 0.520. The van der Waals surface area contributed by atoms with E-state index in [1.54, 1.807) is 34.6 Å². The van der Waals surface area contributed by atoms with Gasteiger partial charge in [0.15, 0.2) is 5.78 Å². The summed E-state index contributed by atoms with van der Waals surface area (Å²) in [4.78, 5) is 75.7. The number of ether oxygens (including phenoxy) is 1. The quantitative estimate of drug-likeness (QED) is 0.414. The lowest BCUT2D eigenvalue weighted by Gasteiger charge is -2.32. The first-order chi connectivity index (χ1) is 18.1. The molecule has 0 unspecified atom stereocenters. The Labute approximate surface area is 224 Å². The standard InChI is InChI=1S/C25H33N5O9/c1-13(2)10-16(27-20(32)14-6-8-15(9-7-14)26-22(34)39-25(3,4)5)21(33)30-19-17(11-29(30)24(37)38)28(23(35)36)12-18(19)31/h6-9,13,16-17,19H,10-12H2,1-5H3,(H,26,34)(H,27,32)(H,35,36)(H,37,38)/t16-,17+,19-/m0/s1. The number of hydrogen-bond acceptors (Lipinski definition) is 7. The van der Waals surface area contributed by atoms with E-state index in [1.807, 2.05) is 0 Å². The molecule has 4 N–H and O–H groups in total. The van der Waals surface area contributed by atoms with Gasteiger partial charge in [0, 0.05) is 11.3 Å². The van der Waals surface area contributed by atoms with Crippen LogP contribution in [0.1, 0.15) is 51.4 Å². The van der Waals surface area contributed by atoms with Crippen molar-refractivity contribution in [1.82, 2.24) is 20.2 Å². The number of fused-ring (bicyclic) bond motifs is 1. The summed E-state index contributed by atoms with van der Waals surface area (Å²) in [5, 5.41) is 25.7. The van der Waals surface area contributed by atoms with Crippen molar-refractivity contribution >= 4 is 41.6 Å². The molecule has 3 rings (SSSR count). The Balaban J connectivity index is 1.79. The highest BCUT2D eigenvalue weighted by Gasteiger charge is 2.57. The van der Waals surface area contributed by atoms with Crippen LogP contribution in [0.15, 0.2) is 24.3 Å². The number of hydrogen-bond donors (Lipinski definition) is 4. The van der Waals surface area contributed by atoms with Crippen LogP contribution < -0.4 is 10.6 Å². The number of hydrazine groups is 1. The van der Waals surface area contributed by atoms with Gasteiger partial charge in [0.1, 0.15) is 17.7 Å². The Morgan fingerprint density at radius 2 is 1.67 bits per heavy atom. The number of likely N-dealkylation sites (tertiary alicyclic amines) is 1. The minimum Gasteiger partial charge on any atom is -0.465 e. The monoisotopic (exact) mass is 547 g/mol. The molecule has 14 nitrogen and oxygen atoms in total. The number of nitrogens with zero attached hydrogens (tertiary/aromatic N) is 3. The minimum atomic E-state index is -1.53. The zero-order valence-corrected chi connectivity index (χ0v) is 22.3. The Morgan fingerprint density at radius 3 is 2.18 bits per heavy atom. The highest BCUT2D eigenvalue weighted by atomic mass is 16.6. The fourth-order valence-electron chi connectivity index (χ4n) is 4.53. The molecular weight excluding hydrogens is 514 g/mol. The van der Waals surface area contributed by atoms with Crippen LogP contribution in [-0.4, -0.2) is 97.8 Å². The number of Topliss-reactive ketones (excluding diaryl/α,β-unsaturated/α-hetero) is 1. The zero-order valence-electron chi connectivity index (χ0n) is 22.3. The van der Waals surface area contributed by atoms with Crippen molar-refractivity contribution in [2.45, 2.75) is 64.8 Å². The van der Waals surface area contributed by atoms with Crippen LogP contribution >= 0.6 is 0 Å². The third-order valence-electron chi connectivity index (χ3n) is 6.10. The van der Waals surface area contributed by atoms with Gasteiger partial charge >= 0.3 is 18.3 Å². The molecule has 39 heavy (non-hydrogen) atoms. The van der Waals surface area contributed by atoms with Gasteiger partial charge in [0.25, 0.3) is 11.8 Å². The minimum absolute atomic E-state index is 0.105. The van der Waals surface area contributed by atoms with Crippen LogP contribution in [0.5, 0.6) is 0 Å². The molecule has 2 aliphatic rings. The number of amides is 5. The molecule has 2 aliphatic heterocycles. The molecule has 0 aromatic heterocycles. The normalized spacial score (nSPS) is 19.5. The van der Waals surface area contributed by atoms with Crippen molar-refractivity contribution < 1.29 is 43.7 Å². The zero-order chi connectivity index (χ0) is 29.2. The van der Waals surface area contributed by atoms with E-state index in [1.165, 1.54) is 24.3 Å². The number of carbonyl (C=O) groups is 6. The number of nitrogens with one attached hydrogen (secondary N) is 2. The van der Waals surface area contributed by atoms with Gasteiger partial charge in [-0.25, -0.2) is 24.4 Å². The Hall–Kier alpha value is -4.36. The number of carboxylic acid groups (broad SMARTS) is 2. The lowest BCUT2D eigenvalue weighted by atomic mass is 10.0. The van der Waals surface area contributed by atoms with Crippen LogP contribution in [0.3, 0.4) is 0 Å². The lowest BCUT2D eigenvalue weighted by molar-refractivity contribution is -0.150. The number of benzene rings is 1. The second kappa shape index (κ2) is 11.2. The van der Waals surface area contributed by atoms with Gasteiger partial charge in [-0.3, -0.25) is 24.6 Å². The first kappa shape index (κ1) is 29.2. The molecule has 0 radical (unpaired) electrons. The number of carbonyl (C=O) groups excluding carboxylic acids is 4. The van der Waals surface area contributed by atoms with Gasteiger partial charge in [-0.2, -0.15) is 0 Å². The summed E-state index contributed by atoms with van der Waals surface area (Å²) in [6.07, 6.45) is -3.47. The molecule has 2 fully saturated rings. The maximum absolute atomic E-state index is 13.6. The topological polar surface area (TPSA) is 186 Å². The molecule has 3 atom stereocenters. The van der Waals surface area contributed by atoms with Crippen molar-refractivity contribution in [1.29, 1.82) is 0 Å². The molecule has 0 aliphatic carbocycles. The van der Waals surface area contributed by atoms with Crippen molar-refractivity contribution in [2.24, 2.45) is 5.92 Å². The third kappa shape index (κ3) is 6.75. The summed E-state index contributed by atoms with van der Waals surface area (Å²) >= 11 is 0. The summed E-state index contributed by atoms with van der Waals surface area (Å²) in [5.74, 6) is -2.19. The SMILES string of the molecule is CC(C)C[C@H](NC(=O)c1ccc(NC(=O)OC(C)(C)C)cc1)C(=O)N1[C@@H]2C(=O)CN(C(=O)O)[C@@H]2CN1C(=O)O. The molecule has 2 saturated heterocycles. The molecule has 1 aromatic rings. The second-order valence-electron chi connectivity index (χ2n) is 10.8. The van der Waals surface area contributed by atoms with Gasteiger partial charge in [-0.05, 0) is 57.4 Å². The van der Waals surface area contributed by atoms with Gasteiger partial charge < -0.3 is 20.3 Å². The van der Waals surface area contributed by atoms with Crippen LogP contribution in [0.4, 0.5) is 20.1 Å². The van der Waals surface area contributed by atoms with E-state index < -0.39 is 72.7 Å². The third-order valence-corrected chi connectivity index (χ3v) is 6.10. The predicted octanol–water partition coefficient (Wildman–Crippen LogP) is 2.22. The van der Waals surface area contributed by atoms with Crippen molar-refractivity contribution in [2.75, 3.05) is 18.4 Å². The molecule has 212 valence electrons. The van der Waals surface area contributed by atoms with Crippen molar-refractivity contribution in [3.8, 4) is 0 Å². The summed E-state index contributed by atoms with van der Waals surface area (Å²) in [6, 6.07) is 2.26. The van der Waals surface area contributed by atoms with E-state index in [-0.39, 0.29) is 17.9 Å². The number of rotatable bonds is 6. The molecule has 2 heterocycles. The van der Waals surface area contributed by atoms with E-state index >= 15 is 0 Å². The highest BCUT2D eigenvalue weighted by molar-refractivity contribution is 6.01. The second-order valence-corrected chi connectivity index (χ2v) is 10.8. The first-order valence-corrected chi connectivity index (χ1v) is 12.4. The van der Waals surface area contributed by atoms with Gasteiger partial charge in [0.2, 0.25) is 0 Å². The molecule has 1 aromatic carbocycles. The van der Waals surface area contributed by atoms with Gasteiger partial charge in [0.05, 0.1) is 19.1 Å². The lowest BCUT2D eigenvalue weighted by Crippen LogP contribution is -2.57. The van der Waals surface area contributed by atoms with Gasteiger partial charge in [-0.15, -0.1) is 0 Å². The van der Waals surface area contributed by atoms with Crippen molar-refractivity contribution in [3.63, 3.8) is 0 Å². The predicted molar refractivity (Wildman–Crippen MR) is 136 cm³/mol. The van der Waals surface area contributed by atoms with Crippen LogP contribution in [-0.2, 0) is 14.3 Å². The van der Waals surface area contributed by atoms with Crippen LogP contribution in [0, 0.1) is 5.92 Å². The van der Waals surface area contributed by atoms with E-state index in [9.17, 15) is 39.0 Å². The van der Waals surface area contributed by atoms with E-state index in [2.05, 4.69) is 10.6 Å². The first-order valence-electron chi connectivity index (χ1n) is 12.4. The molecule has 5 amide bonds. The number of anilines is 1. The average molecular weight is 548 g/mol. The average Bonchev–Trinajstić information content (AvgIpc) is 3.35. The Bertz CT molecular complexity index is 1160. The molecule has 14 heteroatoms. The summed E-state index contributed by atoms with van der Waals surface area (Å²) in [7, 11) is 0. The maximum atomic E-state index is 13.6. The Kier molecular flexibility index (Phi) is 8.36. The maximum Gasteiger partial charge on any atom is 0.426 e. The molecular formula is C25H33N5O9. The summed E-state index contributed by atoms with van der Waals surface area (Å²) in [6.45, 7) is 7.91. The van der Waals surface area contributed by atoms with Gasteiger partial charge in [-0.1, -0.05) is 13.8 Å². The fourth-order valence-corrected chi connectivity index (χ4v) is 4.53. The summed E-state index contributed by atoms with van der Waals surface area (Å²) < 4.78 is 5.19. The highest BCUT2D eigenvalue weighted by Crippen LogP contribution is 2.31. The largest absolute Gasteiger partial charge is 0.465 e. The molecule has 0 bridgehead atoms. The smallest absolute Gasteiger partial charge is 0.426 e. The van der Waals surface area contributed by atoms with Crippen LogP contribution in [0.25, 0.3) is 0 Å². The summed E-state index contributed by atoms with van der Waals surface area (Å²) in [5.41, 5.74) is -0.157. The molecule has 0 spiro atoms. The van der Waals surface area contributed by atoms with E-state index in [0.717, 1.165) is 9.91 Å². The number of ketones is 1. The van der Waals surface area contributed by atoms with Crippen LogP contribution in [0.2, 0.25) is 0 Å². The van der Waals surface area contributed by atoms with Crippen molar-refractivity contribution in [3.05, 3.63) is 29.8 Å². The van der Waals surface area contributed by atoms with E-state index in [4.69, 9.17) is 4.74 Å². The molecule has 0 saturated carbocycles. The Morgan fingerprint density at radius 1 is 1.05 bits per heavy atom. The van der Waals surface area contributed by atoms with E-state index in [0.29, 0.717) is 10.7 Å².